The third-order valence-corrected chi connectivity index (χ3v) is 2.84. The number of hydrogen-bond donors (Lipinski definition) is 1. The minimum absolute atomic E-state index is 0.240. The second-order valence-corrected chi connectivity index (χ2v) is 4.14. The first-order chi connectivity index (χ1) is 8.33. The van der Waals surface area contributed by atoms with Gasteiger partial charge in [-0.15, -0.1) is 0 Å². The van der Waals surface area contributed by atoms with Crippen molar-refractivity contribution in [2.45, 2.75) is 6.54 Å². The molecular weight excluding hydrogens is 240 g/mol. The van der Waals surface area contributed by atoms with Crippen LogP contribution in [0.15, 0.2) is 36.7 Å². The Labute approximate surface area is 104 Å². The molecule has 1 N–H and O–H groups in total. The summed E-state index contributed by atoms with van der Waals surface area (Å²) in [5.41, 5.74) is 4.27. The van der Waals surface area contributed by atoms with E-state index in [9.17, 15) is 0 Å². The molecule has 0 fully saturated rings. The fourth-order valence-corrected chi connectivity index (χ4v) is 2.03. The smallest absolute Gasteiger partial charge is 0.231 e. The molecule has 0 bridgehead atoms. The Bertz CT molecular complexity index is 526. The second kappa shape index (κ2) is 4.22. The highest BCUT2D eigenvalue weighted by Gasteiger charge is 2.17. The largest absolute Gasteiger partial charge is 0.454 e. The molecule has 0 spiro atoms. The number of fused-ring (bicyclic) bond motifs is 1. The van der Waals surface area contributed by atoms with E-state index in [0.29, 0.717) is 23.1 Å². The van der Waals surface area contributed by atoms with Gasteiger partial charge < -0.3 is 14.9 Å². The molecule has 0 radical (unpaired) electrons. The number of ether oxygens (including phenoxy) is 2. The molecule has 4 nitrogen and oxygen atoms in total. The number of hydrogen-bond acceptors (Lipinski definition) is 3. The van der Waals surface area contributed by atoms with E-state index in [1.165, 1.54) is 0 Å². The number of nitrogens with zero attached hydrogens (tertiary/aromatic N) is 1. The van der Waals surface area contributed by atoms with Crippen LogP contribution in [0.3, 0.4) is 0 Å². The zero-order valence-corrected chi connectivity index (χ0v) is 9.78. The number of rotatable bonds is 3. The van der Waals surface area contributed by atoms with Gasteiger partial charge in [-0.05, 0) is 29.8 Å². The van der Waals surface area contributed by atoms with Crippen molar-refractivity contribution < 1.29 is 9.47 Å². The summed E-state index contributed by atoms with van der Waals surface area (Å²) in [5, 5.41) is 0.587. The summed E-state index contributed by atoms with van der Waals surface area (Å²) in [6, 6.07) is 7.73. The molecular formula is C12H11ClN2O2. The van der Waals surface area contributed by atoms with Gasteiger partial charge in [-0.25, -0.2) is 0 Å². The molecule has 0 saturated carbocycles. The van der Waals surface area contributed by atoms with Crippen molar-refractivity contribution in [2.24, 2.45) is 0 Å². The molecule has 0 aliphatic carbocycles. The summed E-state index contributed by atoms with van der Waals surface area (Å²) in [7, 11) is 0. The van der Waals surface area contributed by atoms with E-state index in [1.54, 1.807) is 0 Å². The number of nitrogens with one attached hydrogen (secondary N) is 1. The number of aromatic nitrogens is 1. The van der Waals surface area contributed by atoms with Crippen molar-refractivity contribution in [2.75, 3.05) is 12.2 Å². The van der Waals surface area contributed by atoms with Crippen LogP contribution in [0, 0.1) is 0 Å². The van der Waals surface area contributed by atoms with Crippen molar-refractivity contribution in [3.8, 4) is 11.5 Å². The summed E-state index contributed by atoms with van der Waals surface area (Å²) in [6.45, 7) is 0.911. The lowest BCUT2D eigenvalue weighted by Gasteiger charge is -2.09. The normalized spacial score (nSPS) is 12.8. The lowest BCUT2D eigenvalue weighted by molar-refractivity contribution is 0.174. The lowest BCUT2D eigenvalue weighted by atomic mass is 10.2. The van der Waals surface area contributed by atoms with E-state index in [1.807, 2.05) is 41.3 Å². The molecule has 0 amide bonds. The highest BCUT2D eigenvalue weighted by molar-refractivity contribution is 6.32. The molecule has 88 valence electrons. The third-order valence-electron chi connectivity index (χ3n) is 2.56. The fraction of sp³-hybridized carbons (Fsp3) is 0.167. The monoisotopic (exact) mass is 250 g/mol. The minimum atomic E-state index is 0.240. The SMILES string of the molecule is Clc1cc(CNn2cccc2)cc2c1OCO2. The Hall–Kier alpha value is -1.81. The van der Waals surface area contributed by atoms with Crippen LogP contribution in [0.4, 0.5) is 0 Å². The predicted octanol–water partition coefficient (Wildman–Crippen LogP) is 2.61. The topological polar surface area (TPSA) is 35.4 Å². The Morgan fingerprint density at radius 1 is 1.24 bits per heavy atom. The lowest BCUT2D eigenvalue weighted by Crippen LogP contribution is -2.11. The van der Waals surface area contributed by atoms with E-state index in [4.69, 9.17) is 21.1 Å². The van der Waals surface area contributed by atoms with Crippen LogP contribution >= 0.6 is 11.6 Å². The van der Waals surface area contributed by atoms with Crippen LogP contribution in [0.1, 0.15) is 5.56 Å². The standard InChI is InChI=1S/C12H11ClN2O2/c13-10-5-9(6-11-12(10)17-8-16-11)7-14-15-3-1-2-4-15/h1-6,14H,7-8H2. The van der Waals surface area contributed by atoms with Crippen molar-refractivity contribution in [3.63, 3.8) is 0 Å². The van der Waals surface area contributed by atoms with Gasteiger partial charge in [0, 0.05) is 12.4 Å². The van der Waals surface area contributed by atoms with E-state index in [-0.39, 0.29) is 6.79 Å². The van der Waals surface area contributed by atoms with Crippen molar-refractivity contribution in [1.29, 1.82) is 0 Å². The average molecular weight is 251 g/mol. The van der Waals surface area contributed by atoms with Gasteiger partial charge in [0.25, 0.3) is 0 Å². The molecule has 5 heteroatoms. The summed E-state index contributed by atoms with van der Waals surface area (Å²) < 4.78 is 12.5. The van der Waals surface area contributed by atoms with Crippen LogP contribution in [-0.2, 0) is 6.54 Å². The van der Waals surface area contributed by atoms with E-state index in [0.717, 1.165) is 5.56 Å². The van der Waals surface area contributed by atoms with Crippen molar-refractivity contribution in [3.05, 3.63) is 47.2 Å². The molecule has 17 heavy (non-hydrogen) atoms. The third kappa shape index (κ3) is 2.03. The summed E-state index contributed by atoms with van der Waals surface area (Å²) in [6.07, 6.45) is 3.88. The van der Waals surface area contributed by atoms with Crippen LogP contribution < -0.4 is 14.9 Å². The van der Waals surface area contributed by atoms with Gasteiger partial charge >= 0.3 is 0 Å². The zero-order chi connectivity index (χ0) is 11.7. The van der Waals surface area contributed by atoms with Crippen LogP contribution in [0.5, 0.6) is 11.5 Å². The number of halogens is 1. The highest BCUT2D eigenvalue weighted by Crippen LogP contribution is 2.39. The van der Waals surface area contributed by atoms with Crippen LogP contribution in [0.25, 0.3) is 0 Å². The molecule has 1 aromatic heterocycles. The molecule has 1 aromatic carbocycles. The first kappa shape index (κ1) is 10.4. The van der Waals surface area contributed by atoms with Gasteiger partial charge in [-0.3, -0.25) is 4.68 Å². The summed E-state index contributed by atoms with van der Waals surface area (Å²) in [4.78, 5) is 0. The Balaban J connectivity index is 1.78. The first-order valence-corrected chi connectivity index (χ1v) is 5.65. The number of benzene rings is 1. The van der Waals surface area contributed by atoms with Crippen molar-refractivity contribution in [1.82, 2.24) is 4.68 Å². The van der Waals surface area contributed by atoms with Gasteiger partial charge in [0.2, 0.25) is 6.79 Å². The Morgan fingerprint density at radius 2 is 2.06 bits per heavy atom. The van der Waals surface area contributed by atoms with E-state index < -0.39 is 0 Å². The maximum absolute atomic E-state index is 6.10. The van der Waals surface area contributed by atoms with Gasteiger partial charge in [-0.2, -0.15) is 0 Å². The van der Waals surface area contributed by atoms with Gasteiger partial charge in [0.1, 0.15) is 0 Å². The Kier molecular flexibility index (Phi) is 2.57. The molecule has 0 atom stereocenters. The zero-order valence-electron chi connectivity index (χ0n) is 9.02. The summed E-state index contributed by atoms with van der Waals surface area (Å²) >= 11 is 6.10. The van der Waals surface area contributed by atoms with E-state index in [2.05, 4.69) is 5.43 Å². The molecule has 1 aliphatic heterocycles. The van der Waals surface area contributed by atoms with Crippen molar-refractivity contribution >= 4 is 11.6 Å². The second-order valence-electron chi connectivity index (χ2n) is 3.74. The highest BCUT2D eigenvalue weighted by atomic mass is 35.5. The molecule has 3 rings (SSSR count). The minimum Gasteiger partial charge on any atom is -0.454 e. The average Bonchev–Trinajstić information content (AvgIpc) is 2.97. The molecule has 0 unspecified atom stereocenters. The Morgan fingerprint density at radius 3 is 2.88 bits per heavy atom. The maximum Gasteiger partial charge on any atom is 0.231 e. The van der Waals surface area contributed by atoms with E-state index >= 15 is 0 Å². The van der Waals surface area contributed by atoms with Gasteiger partial charge in [0.15, 0.2) is 11.5 Å². The fourth-order valence-electron chi connectivity index (χ4n) is 1.75. The maximum atomic E-state index is 6.10. The molecule has 1 aliphatic rings. The first-order valence-electron chi connectivity index (χ1n) is 5.28. The van der Waals surface area contributed by atoms with Gasteiger partial charge in [-0.1, -0.05) is 11.6 Å². The van der Waals surface area contributed by atoms with Crippen LogP contribution in [0.2, 0.25) is 5.02 Å². The molecule has 2 heterocycles. The molecule has 0 saturated heterocycles. The quantitative estimate of drug-likeness (QED) is 0.910. The summed E-state index contributed by atoms with van der Waals surface area (Å²) in [5.74, 6) is 1.35. The molecule has 2 aromatic rings. The van der Waals surface area contributed by atoms with Crippen LogP contribution in [-0.4, -0.2) is 11.5 Å². The predicted molar refractivity (Wildman–Crippen MR) is 65.1 cm³/mol. The van der Waals surface area contributed by atoms with Gasteiger partial charge in [0.05, 0.1) is 11.6 Å².